The van der Waals surface area contributed by atoms with E-state index in [1.165, 1.54) is 25.3 Å². The van der Waals surface area contributed by atoms with Gasteiger partial charge in [0.05, 0.1) is 27.8 Å². The number of para-hydroxylation sites is 1. The molecule has 1 N–H and O–H groups in total. The summed E-state index contributed by atoms with van der Waals surface area (Å²) in [5.74, 6) is -1.10. The molecule has 0 unspecified atom stereocenters. The summed E-state index contributed by atoms with van der Waals surface area (Å²) >= 11 is 1.16. The lowest BCUT2D eigenvalue weighted by molar-refractivity contribution is -0.385. The standard InChI is InChI=1S/C16H11N3O5S/c1-24-15(21)9-6-7-11-13(8-9)25-16(17-11)18-14(20)10-4-2-3-5-12(10)19(22)23/h2-8H,1H3,(H,17,18,20). The van der Waals surface area contributed by atoms with Crippen LogP contribution >= 0.6 is 11.3 Å². The summed E-state index contributed by atoms with van der Waals surface area (Å²) in [6, 6.07) is 10.5. The maximum absolute atomic E-state index is 12.3. The van der Waals surface area contributed by atoms with Crippen LogP contribution in [-0.2, 0) is 4.74 Å². The van der Waals surface area contributed by atoms with E-state index in [0.29, 0.717) is 15.8 Å². The van der Waals surface area contributed by atoms with Crippen molar-refractivity contribution in [2.75, 3.05) is 12.4 Å². The summed E-state index contributed by atoms with van der Waals surface area (Å²) < 4.78 is 5.34. The van der Waals surface area contributed by atoms with Crippen LogP contribution in [0.5, 0.6) is 0 Å². The fraction of sp³-hybridized carbons (Fsp3) is 0.0625. The van der Waals surface area contributed by atoms with Gasteiger partial charge in [0.1, 0.15) is 5.56 Å². The van der Waals surface area contributed by atoms with Crippen molar-refractivity contribution in [3.05, 3.63) is 63.7 Å². The number of nitro benzene ring substituents is 1. The molecule has 2 aromatic carbocycles. The molecule has 25 heavy (non-hydrogen) atoms. The second kappa shape index (κ2) is 6.65. The maximum atomic E-state index is 12.3. The average molecular weight is 357 g/mol. The number of esters is 1. The van der Waals surface area contributed by atoms with Crippen LogP contribution in [0, 0.1) is 10.1 Å². The zero-order valence-electron chi connectivity index (χ0n) is 12.9. The minimum absolute atomic E-state index is 0.0537. The van der Waals surface area contributed by atoms with Crippen molar-refractivity contribution < 1.29 is 19.2 Å². The highest BCUT2D eigenvalue weighted by atomic mass is 32.1. The van der Waals surface area contributed by atoms with Crippen LogP contribution in [0.15, 0.2) is 42.5 Å². The van der Waals surface area contributed by atoms with E-state index in [1.807, 2.05) is 0 Å². The van der Waals surface area contributed by atoms with Gasteiger partial charge in [0.25, 0.3) is 11.6 Å². The number of aromatic nitrogens is 1. The number of hydrogen-bond donors (Lipinski definition) is 1. The first-order chi connectivity index (χ1) is 12.0. The Labute approximate surface area is 145 Å². The maximum Gasteiger partial charge on any atom is 0.337 e. The Hall–Kier alpha value is -3.33. The second-order valence-corrected chi connectivity index (χ2v) is 5.95. The molecular weight excluding hydrogens is 346 g/mol. The first-order valence-corrected chi connectivity index (χ1v) is 7.85. The highest BCUT2D eigenvalue weighted by Gasteiger charge is 2.20. The Morgan fingerprint density at radius 2 is 2.00 bits per heavy atom. The highest BCUT2D eigenvalue weighted by molar-refractivity contribution is 7.22. The molecule has 0 aliphatic heterocycles. The fourth-order valence-electron chi connectivity index (χ4n) is 2.21. The minimum atomic E-state index is -0.625. The van der Waals surface area contributed by atoms with Gasteiger partial charge in [-0.2, -0.15) is 0 Å². The van der Waals surface area contributed by atoms with Crippen molar-refractivity contribution in [2.24, 2.45) is 0 Å². The summed E-state index contributed by atoms with van der Waals surface area (Å²) in [6.07, 6.45) is 0. The molecule has 0 aliphatic carbocycles. The van der Waals surface area contributed by atoms with Crippen LogP contribution < -0.4 is 5.32 Å². The van der Waals surface area contributed by atoms with Gasteiger partial charge in [-0.3, -0.25) is 20.2 Å². The number of amides is 1. The van der Waals surface area contributed by atoms with E-state index in [9.17, 15) is 19.7 Å². The molecule has 9 heteroatoms. The lowest BCUT2D eigenvalue weighted by Gasteiger charge is -2.02. The quantitative estimate of drug-likeness (QED) is 0.436. The van der Waals surface area contributed by atoms with Crippen molar-refractivity contribution in [3.8, 4) is 0 Å². The number of nitro groups is 1. The van der Waals surface area contributed by atoms with E-state index in [0.717, 1.165) is 11.3 Å². The van der Waals surface area contributed by atoms with Gasteiger partial charge in [-0.25, -0.2) is 9.78 Å². The van der Waals surface area contributed by atoms with Crippen molar-refractivity contribution >= 4 is 44.2 Å². The van der Waals surface area contributed by atoms with Crippen LogP contribution in [0.25, 0.3) is 10.2 Å². The second-order valence-electron chi connectivity index (χ2n) is 4.92. The van der Waals surface area contributed by atoms with Gasteiger partial charge in [-0.1, -0.05) is 23.5 Å². The molecular formula is C16H11N3O5S. The predicted octanol–water partition coefficient (Wildman–Crippen LogP) is 3.24. The van der Waals surface area contributed by atoms with Crippen molar-refractivity contribution in [1.29, 1.82) is 0 Å². The zero-order chi connectivity index (χ0) is 18.0. The number of thiazole rings is 1. The molecule has 0 bridgehead atoms. The lowest BCUT2D eigenvalue weighted by Crippen LogP contribution is -2.13. The van der Waals surface area contributed by atoms with E-state index >= 15 is 0 Å². The molecule has 0 fully saturated rings. The number of nitrogens with one attached hydrogen (secondary N) is 1. The number of carbonyl (C=O) groups excluding carboxylic acids is 2. The third-order valence-corrected chi connectivity index (χ3v) is 4.31. The number of methoxy groups -OCH3 is 1. The van der Waals surface area contributed by atoms with Crippen LogP contribution in [-0.4, -0.2) is 28.9 Å². The smallest absolute Gasteiger partial charge is 0.337 e. The normalized spacial score (nSPS) is 10.4. The first kappa shape index (κ1) is 16.5. The largest absolute Gasteiger partial charge is 0.465 e. The van der Waals surface area contributed by atoms with Gasteiger partial charge >= 0.3 is 5.97 Å². The number of nitrogens with zero attached hydrogens (tertiary/aromatic N) is 2. The molecule has 8 nitrogen and oxygen atoms in total. The van der Waals surface area contributed by atoms with Crippen LogP contribution in [0.4, 0.5) is 10.8 Å². The van der Waals surface area contributed by atoms with E-state index in [1.54, 1.807) is 24.3 Å². The van der Waals surface area contributed by atoms with Crippen molar-refractivity contribution in [3.63, 3.8) is 0 Å². The third kappa shape index (κ3) is 3.31. The number of anilines is 1. The lowest BCUT2D eigenvalue weighted by atomic mass is 10.1. The molecule has 3 rings (SSSR count). The van der Waals surface area contributed by atoms with E-state index in [4.69, 9.17) is 0 Å². The zero-order valence-corrected chi connectivity index (χ0v) is 13.7. The molecule has 1 heterocycles. The topological polar surface area (TPSA) is 111 Å². The number of hydrogen-bond acceptors (Lipinski definition) is 7. The van der Waals surface area contributed by atoms with Gasteiger partial charge in [-0.15, -0.1) is 0 Å². The summed E-state index contributed by atoms with van der Waals surface area (Å²) in [7, 11) is 1.29. The average Bonchev–Trinajstić information content (AvgIpc) is 3.02. The predicted molar refractivity (Wildman–Crippen MR) is 92.0 cm³/mol. The number of carbonyl (C=O) groups is 2. The van der Waals surface area contributed by atoms with E-state index in [-0.39, 0.29) is 16.4 Å². The van der Waals surface area contributed by atoms with Gasteiger partial charge < -0.3 is 4.74 Å². The molecule has 0 atom stereocenters. The number of fused-ring (bicyclic) bond motifs is 1. The molecule has 0 aliphatic rings. The summed E-state index contributed by atoms with van der Waals surface area (Å²) in [5, 5.41) is 13.8. The Balaban J connectivity index is 1.89. The van der Waals surface area contributed by atoms with Gasteiger partial charge in [0, 0.05) is 6.07 Å². The van der Waals surface area contributed by atoms with Gasteiger partial charge in [0.15, 0.2) is 5.13 Å². The molecule has 3 aromatic rings. The third-order valence-electron chi connectivity index (χ3n) is 3.38. The molecule has 1 aromatic heterocycles. The first-order valence-electron chi connectivity index (χ1n) is 7.03. The summed E-state index contributed by atoms with van der Waals surface area (Å²) in [6.45, 7) is 0. The molecule has 0 saturated carbocycles. The fourth-order valence-corrected chi connectivity index (χ4v) is 3.11. The summed E-state index contributed by atoms with van der Waals surface area (Å²) in [4.78, 5) is 38.5. The molecule has 0 spiro atoms. The minimum Gasteiger partial charge on any atom is -0.465 e. The number of rotatable bonds is 4. The Morgan fingerprint density at radius 3 is 2.72 bits per heavy atom. The highest BCUT2D eigenvalue weighted by Crippen LogP contribution is 2.28. The Morgan fingerprint density at radius 1 is 1.24 bits per heavy atom. The van der Waals surface area contributed by atoms with Gasteiger partial charge in [-0.05, 0) is 24.3 Å². The van der Waals surface area contributed by atoms with Crippen LogP contribution in [0.2, 0.25) is 0 Å². The van der Waals surface area contributed by atoms with Crippen LogP contribution in [0.3, 0.4) is 0 Å². The molecule has 1 amide bonds. The number of benzene rings is 2. The van der Waals surface area contributed by atoms with Crippen LogP contribution in [0.1, 0.15) is 20.7 Å². The molecule has 0 radical (unpaired) electrons. The van der Waals surface area contributed by atoms with Gasteiger partial charge in [0.2, 0.25) is 0 Å². The summed E-state index contributed by atoms with van der Waals surface area (Å²) in [5.41, 5.74) is 0.627. The van der Waals surface area contributed by atoms with E-state index in [2.05, 4.69) is 15.0 Å². The Kier molecular flexibility index (Phi) is 4.40. The molecule has 0 saturated heterocycles. The number of ether oxygens (including phenoxy) is 1. The monoisotopic (exact) mass is 357 g/mol. The van der Waals surface area contributed by atoms with Crippen molar-refractivity contribution in [1.82, 2.24) is 4.98 Å². The Bertz CT molecular complexity index is 998. The SMILES string of the molecule is COC(=O)c1ccc2nc(NC(=O)c3ccccc3[N+](=O)[O-])sc2c1. The van der Waals surface area contributed by atoms with E-state index < -0.39 is 16.8 Å². The van der Waals surface area contributed by atoms with Crippen molar-refractivity contribution in [2.45, 2.75) is 0 Å². The molecule has 126 valence electrons.